The average Bonchev–Trinajstić information content (AvgIpc) is 2.56. The number of aliphatic carboxylic acids is 1. The number of carbonyl (C=O) groups is 2. The van der Waals surface area contributed by atoms with E-state index in [1.165, 1.54) is 12.1 Å². The molecule has 0 unspecified atom stereocenters. The molecule has 1 amide bonds. The van der Waals surface area contributed by atoms with E-state index in [2.05, 4.69) is 10.3 Å². The third-order valence-electron chi connectivity index (χ3n) is 3.07. The van der Waals surface area contributed by atoms with Crippen molar-refractivity contribution >= 4 is 17.7 Å². The fourth-order valence-electron chi connectivity index (χ4n) is 1.88. The van der Waals surface area contributed by atoms with Gasteiger partial charge in [0.1, 0.15) is 17.4 Å². The molecule has 0 aliphatic rings. The zero-order valence-electron chi connectivity index (χ0n) is 15.5. The van der Waals surface area contributed by atoms with Crippen LogP contribution in [0.25, 0.3) is 0 Å². The molecule has 1 atom stereocenters. The number of nitrogens with zero attached hydrogens (tertiary/aromatic N) is 1. The van der Waals surface area contributed by atoms with Crippen LogP contribution in [0.1, 0.15) is 26.3 Å². The Bertz CT molecular complexity index is 727. The summed E-state index contributed by atoms with van der Waals surface area (Å²) >= 11 is 0. The maximum Gasteiger partial charge on any atom is 0.408 e. The van der Waals surface area contributed by atoms with Gasteiger partial charge in [0.15, 0.2) is 0 Å². The SMILES string of the molecule is CC(C)(C)OC(=O)N[C@@H](Cc1ccc(O)cc1)C(=O)O.Nc1ccncc1. The molecule has 0 spiro atoms. The van der Waals surface area contributed by atoms with E-state index >= 15 is 0 Å². The molecule has 146 valence electrons. The van der Waals surface area contributed by atoms with Gasteiger partial charge in [0.25, 0.3) is 0 Å². The number of nitrogen functional groups attached to an aromatic ring is 1. The molecule has 1 aromatic heterocycles. The van der Waals surface area contributed by atoms with Crippen LogP contribution in [-0.2, 0) is 16.0 Å². The number of benzene rings is 1. The standard InChI is InChI=1S/C14H19NO5.C5H6N2/c1-14(2,3)20-13(19)15-11(12(17)18)8-9-4-6-10(16)7-5-9;6-5-1-3-7-4-2-5/h4-7,11,16H,8H2,1-3H3,(H,15,19)(H,17,18);1-4H,(H2,6,7)/t11-;/m0./s1. The Morgan fingerprint density at radius 1 is 1.15 bits per heavy atom. The number of phenolic OH excluding ortho intramolecular Hbond substituents is 1. The summed E-state index contributed by atoms with van der Waals surface area (Å²) in [7, 11) is 0. The second-order valence-corrected chi connectivity index (χ2v) is 6.69. The largest absolute Gasteiger partial charge is 0.508 e. The minimum atomic E-state index is -1.15. The van der Waals surface area contributed by atoms with Gasteiger partial charge in [-0.25, -0.2) is 9.59 Å². The first-order chi connectivity index (χ1) is 12.6. The molecule has 0 saturated heterocycles. The maximum atomic E-state index is 11.6. The number of aromatic hydroxyl groups is 1. The van der Waals surface area contributed by atoms with Gasteiger partial charge in [0.2, 0.25) is 0 Å². The molecule has 2 rings (SSSR count). The molecular weight excluding hydrogens is 350 g/mol. The first-order valence-corrected chi connectivity index (χ1v) is 8.22. The minimum Gasteiger partial charge on any atom is -0.508 e. The predicted octanol–water partition coefficient (Wildman–Crippen LogP) is 2.58. The van der Waals surface area contributed by atoms with Crippen LogP contribution >= 0.6 is 0 Å². The fraction of sp³-hybridized carbons (Fsp3) is 0.316. The second-order valence-electron chi connectivity index (χ2n) is 6.69. The topological polar surface area (TPSA) is 135 Å². The first kappa shape index (κ1) is 21.8. The van der Waals surface area contributed by atoms with E-state index in [0.717, 1.165) is 5.69 Å². The number of ether oxygens (including phenoxy) is 1. The van der Waals surface area contributed by atoms with Crippen molar-refractivity contribution < 1.29 is 24.5 Å². The number of hydrogen-bond donors (Lipinski definition) is 4. The molecule has 1 heterocycles. The summed E-state index contributed by atoms with van der Waals surface area (Å²) in [5.41, 5.74) is 6.07. The highest BCUT2D eigenvalue weighted by molar-refractivity contribution is 5.80. The van der Waals surface area contributed by atoms with Gasteiger partial charge >= 0.3 is 12.1 Å². The number of phenols is 1. The Morgan fingerprint density at radius 2 is 1.70 bits per heavy atom. The number of aromatic nitrogens is 1. The molecule has 0 bridgehead atoms. The van der Waals surface area contributed by atoms with E-state index in [4.69, 9.17) is 20.7 Å². The van der Waals surface area contributed by atoms with Crippen LogP contribution < -0.4 is 11.1 Å². The van der Waals surface area contributed by atoms with Crippen LogP contribution in [0.4, 0.5) is 10.5 Å². The van der Waals surface area contributed by atoms with Crippen molar-refractivity contribution in [3.63, 3.8) is 0 Å². The van der Waals surface area contributed by atoms with Gasteiger partial charge in [-0.3, -0.25) is 4.98 Å². The normalized spacial score (nSPS) is 11.5. The van der Waals surface area contributed by atoms with Gasteiger partial charge in [0.05, 0.1) is 0 Å². The molecule has 1 aromatic carbocycles. The lowest BCUT2D eigenvalue weighted by Crippen LogP contribution is -2.44. The molecule has 5 N–H and O–H groups in total. The summed E-state index contributed by atoms with van der Waals surface area (Å²) in [5.74, 6) is -1.05. The zero-order valence-corrected chi connectivity index (χ0v) is 15.5. The molecule has 0 aliphatic carbocycles. The van der Waals surface area contributed by atoms with Crippen molar-refractivity contribution in [2.45, 2.75) is 38.8 Å². The highest BCUT2D eigenvalue weighted by Crippen LogP contribution is 2.12. The van der Waals surface area contributed by atoms with E-state index in [-0.39, 0.29) is 12.2 Å². The molecule has 8 nitrogen and oxygen atoms in total. The van der Waals surface area contributed by atoms with E-state index in [0.29, 0.717) is 5.56 Å². The second kappa shape index (κ2) is 10.0. The third-order valence-corrected chi connectivity index (χ3v) is 3.07. The number of nitrogens with one attached hydrogen (secondary N) is 1. The Balaban J connectivity index is 0.000000433. The van der Waals surface area contributed by atoms with Crippen molar-refractivity contribution in [2.24, 2.45) is 0 Å². The lowest BCUT2D eigenvalue weighted by atomic mass is 10.1. The van der Waals surface area contributed by atoms with Crippen LogP contribution in [0, 0.1) is 0 Å². The number of anilines is 1. The molecule has 27 heavy (non-hydrogen) atoms. The smallest absolute Gasteiger partial charge is 0.408 e. The Labute approximate surface area is 158 Å². The highest BCUT2D eigenvalue weighted by Gasteiger charge is 2.24. The lowest BCUT2D eigenvalue weighted by Gasteiger charge is -2.22. The van der Waals surface area contributed by atoms with Gasteiger partial charge in [-0.15, -0.1) is 0 Å². The lowest BCUT2D eigenvalue weighted by molar-refractivity contribution is -0.139. The number of carboxylic acid groups (broad SMARTS) is 1. The maximum absolute atomic E-state index is 11.6. The molecule has 0 fully saturated rings. The van der Waals surface area contributed by atoms with E-state index < -0.39 is 23.7 Å². The number of nitrogens with two attached hydrogens (primary N) is 1. The van der Waals surface area contributed by atoms with E-state index in [1.807, 2.05) is 0 Å². The van der Waals surface area contributed by atoms with Gasteiger partial charge in [-0.2, -0.15) is 0 Å². The number of pyridine rings is 1. The van der Waals surface area contributed by atoms with Crippen molar-refractivity contribution in [1.29, 1.82) is 0 Å². The summed E-state index contributed by atoms with van der Waals surface area (Å²) < 4.78 is 5.02. The summed E-state index contributed by atoms with van der Waals surface area (Å²) in [6.07, 6.45) is 2.66. The number of rotatable bonds is 4. The predicted molar refractivity (Wildman–Crippen MR) is 101 cm³/mol. The van der Waals surface area contributed by atoms with Crippen LogP contribution in [0.15, 0.2) is 48.8 Å². The summed E-state index contributed by atoms with van der Waals surface area (Å²) in [6, 6.07) is 8.53. The average molecular weight is 375 g/mol. The van der Waals surface area contributed by atoms with Crippen LogP contribution in [-0.4, -0.2) is 38.9 Å². The van der Waals surface area contributed by atoms with Crippen molar-refractivity contribution in [3.8, 4) is 5.75 Å². The molecule has 2 aromatic rings. The number of carboxylic acids is 1. The number of carbonyl (C=O) groups excluding carboxylic acids is 1. The summed E-state index contributed by atoms with van der Waals surface area (Å²) in [5, 5.41) is 20.6. The fourth-order valence-corrected chi connectivity index (χ4v) is 1.88. The molecule has 0 aliphatic heterocycles. The number of hydrogen-bond acceptors (Lipinski definition) is 6. The Kier molecular flexibility index (Phi) is 8.06. The van der Waals surface area contributed by atoms with Crippen molar-refractivity contribution in [2.75, 3.05) is 5.73 Å². The zero-order chi connectivity index (χ0) is 20.4. The Hall–Kier alpha value is -3.29. The van der Waals surface area contributed by atoms with Crippen LogP contribution in [0.5, 0.6) is 5.75 Å². The number of amides is 1. The quantitative estimate of drug-likeness (QED) is 0.645. The molecule has 0 radical (unpaired) electrons. The van der Waals surface area contributed by atoms with Gasteiger partial charge in [-0.05, 0) is 50.6 Å². The van der Waals surface area contributed by atoms with Crippen molar-refractivity contribution in [3.05, 3.63) is 54.4 Å². The third kappa shape index (κ3) is 9.69. The van der Waals surface area contributed by atoms with Crippen LogP contribution in [0.3, 0.4) is 0 Å². The summed E-state index contributed by atoms with van der Waals surface area (Å²) in [4.78, 5) is 26.5. The molecule has 8 heteroatoms. The molecule has 0 saturated carbocycles. The first-order valence-electron chi connectivity index (χ1n) is 8.22. The highest BCUT2D eigenvalue weighted by atomic mass is 16.6. The minimum absolute atomic E-state index is 0.0979. The Morgan fingerprint density at radius 3 is 2.11 bits per heavy atom. The number of alkyl carbamates (subject to hydrolysis) is 1. The van der Waals surface area contributed by atoms with Crippen molar-refractivity contribution in [1.82, 2.24) is 10.3 Å². The molecular formula is C19H25N3O5. The summed E-state index contributed by atoms with van der Waals surface area (Å²) in [6.45, 7) is 5.09. The van der Waals surface area contributed by atoms with E-state index in [1.54, 1.807) is 57.4 Å². The van der Waals surface area contributed by atoms with Gasteiger partial charge in [0, 0.05) is 24.5 Å². The van der Waals surface area contributed by atoms with Gasteiger partial charge < -0.3 is 26.0 Å². The van der Waals surface area contributed by atoms with E-state index in [9.17, 15) is 9.59 Å². The monoisotopic (exact) mass is 375 g/mol. The van der Waals surface area contributed by atoms with Gasteiger partial charge in [-0.1, -0.05) is 12.1 Å². The van der Waals surface area contributed by atoms with Crippen LogP contribution in [0.2, 0.25) is 0 Å².